The highest BCUT2D eigenvalue weighted by molar-refractivity contribution is 5.85. The molecule has 3 rings (SSSR count). The Hall–Kier alpha value is -0.280. The van der Waals surface area contributed by atoms with Gasteiger partial charge in [0.25, 0.3) is 0 Å². The molecule has 1 atom stereocenters. The van der Waals surface area contributed by atoms with E-state index in [4.69, 9.17) is 0 Å². The number of rotatable bonds is 1. The Morgan fingerprint density at radius 1 is 1.12 bits per heavy atom. The van der Waals surface area contributed by atoms with E-state index in [1.807, 2.05) is 0 Å². The van der Waals surface area contributed by atoms with Crippen molar-refractivity contribution in [2.24, 2.45) is 11.3 Å². The van der Waals surface area contributed by atoms with Gasteiger partial charge in [-0.15, -0.1) is 12.4 Å². The second-order valence-electron chi connectivity index (χ2n) is 5.76. The average molecular weight is 259 g/mol. The molecule has 0 aromatic heterocycles. The van der Waals surface area contributed by atoms with Crippen LogP contribution in [0.5, 0.6) is 0 Å². The normalized spacial score (nSPS) is 30.8. The lowest BCUT2D eigenvalue weighted by Gasteiger charge is -2.29. The van der Waals surface area contributed by atoms with Crippen LogP contribution in [0.3, 0.4) is 0 Å². The Labute approximate surface area is 110 Å². The number of hydrogen-bond donors (Lipinski definition) is 1. The van der Waals surface area contributed by atoms with Crippen LogP contribution in [0.1, 0.15) is 38.5 Å². The summed E-state index contributed by atoms with van der Waals surface area (Å²) < 4.78 is 0. The molecule has 1 amide bonds. The highest BCUT2D eigenvalue weighted by Crippen LogP contribution is 2.59. The SMILES string of the molecule is Cl.O=C(C1CC12CCNCC2)N1CCCCC1. The molecule has 4 heteroatoms. The van der Waals surface area contributed by atoms with Gasteiger partial charge in [0.15, 0.2) is 0 Å². The van der Waals surface area contributed by atoms with E-state index in [9.17, 15) is 4.79 Å². The van der Waals surface area contributed by atoms with Gasteiger partial charge in [0.2, 0.25) is 5.91 Å². The minimum absolute atomic E-state index is 0. The smallest absolute Gasteiger partial charge is 0.226 e. The number of hydrogen-bond acceptors (Lipinski definition) is 2. The molecule has 1 aliphatic carbocycles. The van der Waals surface area contributed by atoms with Crippen LogP contribution in [0.15, 0.2) is 0 Å². The van der Waals surface area contributed by atoms with Gasteiger partial charge in [0, 0.05) is 19.0 Å². The van der Waals surface area contributed by atoms with E-state index in [2.05, 4.69) is 10.2 Å². The largest absolute Gasteiger partial charge is 0.342 e. The van der Waals surface area contributed by atoms with Gasteiger partial charge in [0.1, 0.15) is 0 Å². The van der Waals surface area contributed by atoms with Gasteiger partial charge >= 0.3 is 0 Å². The molecule has 3 fully saturated rings. The van der Waals surface area contributed by atoms with Crippen molar-refractivity contribution in [3.8, 4) is 0 Å². The quantitative estimate of drug-likeness (QED) is 0.778. The van der Waals surface area contributed by atoms with E-state index >= 15 is 0 Å². The summed E-state index contributed by atoms with van der Waals surface area (Å²) in [5, 5.41) is 3.39. The molecule has 1 saturated carbocycles. The molecule has 0 aromatic carbocycles. The topological polar surface area (TPSA) is 32.3 Å². The van der Waals surface area contributed by atoms with Gasteiger partial charge in [-0.25, -0.2) is 0 Å². The summed E-state index contributed by atoms with van der Waals surface area (Å²) in [6, 6.07) is 0. The van der Waals surface area contributed by atoms with Crippen molar-refractivity contribution < 1.29 is 4.79 Å². The van der Waals surface area contributed by atoms with E-state index in [0.717, 1.165) is 26.2 Å². The molecule has 0 aromatic rings. The molecule has 2 heterocycles. The van der Waals surface area contributed by atoms with Gasteiger partial charge in [-0.1, -0.05) is 0 Å². The van der Waals surface area contributed by atoms with E-state index in [-0.39, 0.29) is 12.4 Å². The molecule has 0 bridgehead atoms. The molecular formula is C13H23ClN2O. The summed E-state index contributed by atoms with van der Waals surface area (Å²) in [6.07, 6.45) is 7.35. The third-order valence-corrected chi connectivity index (χ3v) is 4.75. The third kappa shape index (κ3) is 2.45. The maximum absolute atomic E-state index is 12.3. The summed E-state index contributed by atoms with van der Waals surface area (Å²) in [4.78, 5) is 14.5. The van der Waals surface area contributed by atoms with Gasteiger partial charge in [0.05, 0.1) is 0 Å². The number of carbonyl (C=O) groups excluding carboxylic acids is 1. The van der Waals surface area contributed by atoms with Gasteiger partial charge in [-0.3, -0.25) is 4.79 Å². The van der Waals surface area contributed by atoms with Crippen LogP contribution in [0, 0.1) is 11.3 Å². The number of halogens is 1. The van der Waals surface area contributed by atoms with Crippen LogP contribution in [0.4, 0.5) is 0 Å². The van der Waals surface area contributed by atoms with Crippen LogP contribution in [-0.4, -0.2) is 37.0 Å². The first-order chi connectivity index (χ1) is 7.82. The summed E-state index contributed by atoms with van der Waals surface area (Å²) in [5.74, 6) is 0.856. The predicted octanol–water partition coefficient (Wildman–Crippen LogP) is 1.81. The first-order valence-electron chi connectivity index (χ1n) is 6.81. The van der Waals surface area contributed by atoms with Crippen LogP contribution in [0.25, 0.3) is 0 Å². The summed E-state index contributed by atoms with van der Waals surface area (Å²) in [7, 11) is 0. The minimum Gasteiger partial charge on any atom is -0.342 e. The lowest BCUT2D eigenvalue weighted by molar-refractivity contribution is -0.134. The van der Waals surface area contributed by atoms with Crippen LogP contribution < -0.4 is 5.32 Å². The Balaban J connectivity index is 0.00000108. The van der Waals surface area contributed by atoms with E-state index in [1.54, 1.807) is 0 Å². The summed E-state index contributed by atoms with van der Waals surface area (Å²) in [5.41, 5.74) is 0.416. The van der Waals surface area contributed by atoms with Crippen molar-refractivity contribution in [3.05, 3.63) is 0 Å². The van der Waals surface area contributed by atoms with E-state index in [0.29, 0.717) is 17.2 Å². The predicted molar refractivity (Wildman–Crippen MR) is 70.3 cm³/mol. The summed E-state index contributed by atoms with van der Waals surface area (Å²) >= 11 is 0. The first-order valence-corrected chi connectivity index (χ1v) is 6.81. The molecule has 2 aliphatic heterocycles. The van der Waals surface area contributed by atoms with Crippen molar-refractivity contribution in [3.63, 3.8) is 0 Å². The fourth-order valence-electron chi connectivity index (χ4n) is 3.51. The van der Waals surface area contributed by atoms with Crippen molar-refractivity contribution >= 4 is 18.3 Å². The molecule has 17 heavy (non-hydrogen) atoms. The highest BCUT2D eigenvalue weighted by Gasteiger charge is 2.58. The fraction of sp³-hybridized carbons (Fsp3) is 0.923. The van der Waals surface area contributed by atoms with Crippen LogP contribution in [-0.2, 0) is 4.79 Å². The van der Waals surface area contributed by atoms with Gasteiger partial charge in [-0.05, 0) is 57.0 Å². The number of nitrogens with zero attached hydrogens (tertiary/aromatic N) is 1. The molecular weight excluding hydrogens is 236 g/mol. The van der Waals surface area contributed by atoms with Crippen molar-refractivity contribution in [1.29, 1.82) is 0 Å². The third-order valence-electron chi connectivity index (χ3n) is 4.75. The monoisotopic (exact) mass is 258 g/mol. The molecule has 0 radical (unpaired) electrons. The molecule has 2 saturated heterocycles. The molecule has 98 valence electrons. The number of piperidine rings is 2. The fourth-order valence-corrected chi connectivity index (χ4v) is 3.51. The van der Waals surface area contributed by atoms with Gasteiger partial charge < -0.3 is 10.2 Å². The second kappa shape index (κ2) is 5.15. The number of carbonyl (C=O) groups is 1. The Morgan fingerprint density at radius 3 is 2.41 bits per heavy atom. The van der Waals surface area contributed by atoms with E-state index < -0.39 is 0 Å². The Morgan fingerprint density at radius 2 is 1.76 bits per heavy atom. The maximum atomic E-state index is 12.3. The molecule has 3 aliphatic rings. The number of likely N-dealkylation sites (tertiary alicyclic amines) is 1. The van der Waals surface area contributed by atoms with Crippen LogP contribution >= 0.6 is 12.4 Å². The number of nitrogens with one attached hydrogen (secondary N) is 1. The zero-order valence-corrected chi connectivity index (χ0v) is 11.2. The summed E-state index contributed by atoms with van der Waals surface area (Å²) in [6.45, 7) is 4.26. The lowest BCUT2D eigenvalue weighted by Crippen LogP contribution is -2.39. The Bertz CT molecular complexity index is 283. The first kappa shape index (κ1) is 13.2. The van der Waals surface area contributed by atoms with Gasteiger partial charge in [-0.2, -0.15) is 0 Å². The molecule has 1 unspecified atom stereocenters. The average Bonchev–Trinajstić information content (AvgIpc) is 3.04. The molecule has 3 nitrogen and oxygen atoms in total. The zero-order valence-electron chi connectivity index (χ0n) is 10.4. The lowest BCUT2D eigenvalue weighted by atomic mass is 9.91. The Kier molecular flexibility index (Phi) is 3.99. The van der Waals surface area contributed by atoms with Crippen molar-refractivity contribution in [2.45, 2.75) is 38.5 Å². The maximum Gasteiger partial charge on any atom is 0.226 e. The van der Waals surface area contributed by atoms with Crippen LogP contribution in [0.2, 0.25) is 0 Å². The second-order valence-corrected chi connectivity index (χ2v) is 5.76. The zero-order chi connectivity index (χ0) is 11.0. The number of amides is 1. The molecule has 1 N–H and O–H groups in total. The van der Waals surface area contributed by atoms with E-state index in [1.165, 1.54) is 38.5 Å². The van der Waals surface area contributed by atoms with Crippen molar-refractivity contribution in [1.82, 2.24) is 10.2 Å². The molecule has 1 spiro atoms. The highest BCUT2D eigenvalue weighted by atomic mass is 35.5. The standard InChI is InChI=1S/C13H22N2O.ClH/c16-12(15-8-2-1-3-9-15)11-10-13(11)4-6-14-7-5-13;/h11,14H,1-10H2;1H. The minimum atomic E-state index is 0. The van der Waals surface area contributed by atoms with Crippen molar-refractivity contribution in [2.75, 3.05) is 26.2 Å².